The van der Waals surface area contributed by atoms with Gasteiger partial charge in [0, 0.05) is 26.9 Å². The van der Waals surface area contributed by atoms with E-state index in [9.17, 15) is 0 Å². The summed E-state index contributed by atoms with van der Waals surface area (Å²) >= 11 is 11.3. The van der Waals surface area contributed by atoms with Gasteiger partial charge in [-0.15, -0.1) is 11.3 Å². The molecule has 2 aromatic carbocycles. The summed E-state index contributed by atoms with van der Waals surface area (Å²) in [5.74, 6) is 0. The first kappa shape index (κ1) is 19.0. The van der Waals surface area contributed by atoms with Crippen molar-refractivity contribution in [3.8, 4) is 0 Å². The van der Waals surface area contributed by atoms with Crippen LogP contribution in [0.1, 0.15) is 31.0 Å². The van der Waals surface area contributed by atoms with Gasteiger partial charge in [-0.25, -0.2) is 9.98 Å². The molecule has 0 bridgehead atoms. The predicted octanol–water partition coefficient (Wildman–Crippen LogP) is 6.83. The molecular formula is C20H18ClN3S3. The smallest absolute Gasteiger partial charge is 0.114 e. The van der Waals surface area contributed by atoms with Gasteiger partial charge in [-0.05, 0) is 48.7 Å². The number of aliphatic imine (C=N–C) groups is 1. The molecule has 0 saturated carbocycles. The van der Waals surface area contributed by atoms with Crippen molar-refractivity contribution in [2.45, 2.75) is 33.8 Å². The Bertz CT molecular complexity index is 984. The number of fused-ring (bicyclic) bond motifs is 2. The Morgan fingerprint density at radius 2 is 2.11 bits per heavy atom. The maximum absolute atomic E-state index is 6.22. The molecule has 1 N–H and O–H groups in total. The third-order valence-corrected chi connectivity index (χ3v) is 7.22. The Labute approximate surface area is 176 Å². The monoisotopic (exact) mass is 431 g/mol. The van der Waals surface area contributed by atoms with Crippen LogP contribution in [-0.2, 0) is 0 Å². The highest BCUT2D eigenvalue weighted by atomic mass is 35.5. The quantitative estimate of drug-likeness (QED) is 0.268. The van der Waals surface area contributed by atoms with Gasteiger partial charge in [0.2, 0.25) is 0 Å². The van der Waals surface area contributed by atoms with Crippen LogP contribution in [0.25, 0.3) is 0 Å². The maximum atomic E-state index is 6.22. The highest BCUT2D eigenvalue weighted by molar-refractivity contribution is 8.01. The minimum atomic E-state index is 0.702. The van der Waals surface area contributed by atoms with Crippen molar-refractivity contribution >= 4 is 58.0 Å². The Morgan fingerprint density at radius 3 is 2.96 bits per heavy atom. The van der Waals surface area contributed by atoms with E-state index in [1.165, 1.54) is 12.8 Å². The second-order valence-electron chi connectivity index (χ2n) is 6.04. The average Bonchev–Trinajstić information content (AvgIpc) is 3.06. The number of nitrogens with one attached hydrogen (secondary N) is 1. The van der Waals surface area contributed by atoms with Gasteiger partial charge in [0.25, 0.3) is 0 Å². The fourth-order valence-corrected chi connectivity index (χ4v) is 5.50. The summed E-state index contributed by atoms with van der Waals surface area (Å²) in [6, 6.07) is 14.3. The van der Waals surface area contributed by atoms with E-state index < -0.39 is 0 Å². The lowest BCUT2D eigenvalue weighted by Gasteiger charge is -2.07. The molecule has 0 amide bonds. The topological polar surface area (TPSA) is 37.3 Å². The number of unbranched alkanes of at least 4 members (excludes halogenated alkanes) is 1. The molecule has 138 valence electrons. The Balaban J connectivity index is 1.72. The zero-order chi connectivity index (χ0) is 18.6. The van der Waals surface area contributed by atoms with E-state index in [1.807, 2.05) is 29.8 Å². The van der Waals surface area contributed by atoms with Crippen molar-refractivity contribution in [2.24, 2.45) is 4.99 Å². The fourth-order valence-electron chi connectivity index (χ4n) is 2.69. The summed E-state index contributed by atoms with van der Waals surface area (Å²) in [6.07, 6.45) is 2.37. The molecule has 0 atom stereocenters. The van der Waals surface area contributed by atoms with E-state index in [0.717, 1.165) is 43.2 Å². The van der Waals surface area contributed by atoms with E-state index in [4.69, 9.17) is 16.6 Å². The van der Waals surface area contributed by atoms with Gasteiger partial charge in [0.1, 0.15) is 5.69 Å². The van der Waals surface area contributed by atoms with Gasteiger partial charge in [-0.3, -0.25) is 4.72 Å². The first-order valence-electron chi connectivity index (χ1n) is 8.74. The Hall–Kier alpha value is -1.31. The zero-order valence-corrected chi connectivity index (χ0v) is 17.9. The molecule has 4 rings (SSSR count). The van der Waals surface area contributed by atoms with E-state index >= 15 is 0 Å². The summed E-state index contributed by atoms with van der Waals surface area (Å²) in [7, 11) is 0. The lowest BCUT2D eigenvalue weighted by atomic mass is 10.1. The van der Waals surface area contributed by atoms with Gasteiger partial charge in [-0.1, -0.05) is 48.8 Å². The summed E-state index contributed by atoms with van der Waals surface area (Å²) in [4.78, 5) is 11.9. The lowest BCUT2D eigenvalue weighted by Crippen LogP contribution is -2.04. The minimum absolute atomic E-state index is 0.702. The molecule has 1 aliphatic heterocycles. The molecule has 27 heavy (non-hydrogen) atoms. The van der Waals surface area contributed by atoms with Gasteiger partial charge >= 0.3 is 0 Å². The molecule has 2 heterocycles. The van der Waals surface area contributed by atoms with E-state index in [-0.39, 0.29) is 0 Å². The fraction of sp³-hybridized carbons (Fsp3) is 0.200. The Morgan fingerprint density at radius 1 is 1.19 bits per heavy atom. The minimum Gasteiger partial charge on any atom is -0.260 e. The molecule has 3 aromatic rings. The van der Waals surface area contributed by atoms with Crippen molar-refractivity contribution in [3.63, 3.8) is 0 Å². The second-order valence-corrected chi connectivity index (χ2v) is 9.61. The van der Waals surface area contributed by atoms with Crippen LogP contribution < -0.4 is 4.72 Å². The van der Waals surface area contributed by atoms with E-state index in [0.29, 0.717) is 5.02 Å². The van der Waals surface area contributed by atoms with E-state index in [2.05, 4.69) is 34.8 Å². The molecule has 1 aliphatic rings. The van der Waals surface area contributed by atoms with Crippen LogP contribution in [0.5, 0.6) is 0 Å². The molecule has 0 radical (unpaired) electrons. The summed E-state index contributed by atoms with van der Waals surface area (Å²) < 4.78 is 4.58. The predicted molar refractivity (Wildman–Crippen MR) is 118 cm³/mol. The molecule has 0 fully saturated rings. The number of halogens is 1. The first-order chi connectivity index (χ1) is 13.2. The normalized spacial score (nSPS) is 12.9. The summed E-state index contributed by atoms with van der Waals surface area (Å²) in [5, 5.41) is 0.702. The number of thiazole rings is 1. The van der Waals surface area contributed by atoms with Crippen LogP contribution in [0.3, 0.4) is 0 Å². The molecule has 7 heteroatoms. The zero-order valence-electron chi connectivity index (χ0n) is 14.7. The number of rotatable bonds is 6. The molecule has 0 spiro atoms. The van der Waals surface area contributed by atoms with Crippen LogP contribution in [0.4, 0.5) is 5.69 Å². The second kappa shape index (κ2) is 8.80. The number of hydrogen-bond donors (Lipinski definition) is 1. The highest BCUT2D eigenvalue weighted by Gasteiger charge is 2.22. The number of benzene rings is 2. The van der Waals surface area contributed by atoms with Crippen molar-refractivity contribution < 1.29 is 0 Å². The van der Waals surface area contributed by atoms with Crippen molar-refractivity contribution in [1.82, 2.24) is 9.71 Å². The maximum Gasteiger partial charge on any atom is 0.114 e. The third kappa shape index (κ3) is 4.41. The van der Waals surface area contributed by atoms with Crippen LogP contribution in [0, 0.1) is 0 Å². The van der Waals surface area contributed by atoms with Gasteiger partial charge < -0.3 is 0 Å². The van der Waals surface area contributed by atoms with Crippen LogP contribution in [-0.4, -0.2) is 17.2 Å². The largest absolute Gasteiger partial charge is 0.260 e. The summed E-state index contributed by atoms with van der Waals surface area (Å²) in [6.45, 7) is 3.20. The number of nitrogens with zero attached hydrogens (tertiary/aromatic N) is 2. The number of hydrogen-bond acceptors (Lipinski definition) is 6. The average molecular weight is 432 g/mol. The molecule has 1 aromatic heterocycles. The summed E-state index contributed by atoms with van der Waals surface area (Å²) in [5.41, 5.74) is 5.65. The van der Waals surface area contributed by atoms with E-state index in [1.54, 1.807) is 35.0 Å². The van der Waals surface area contributed by atoms with Crippen LogP contribution in [0.15, 0.2) is 67.0 Å². The highest BCUT2D eigenvalue weighted by Crippen LogP contribution is 2.44. The molecule has 0 saturated heterocycles. The molecule has 3 nitrogen and oxygen atoms in total. The molecule has 0 unspecified atom stereocenters. The molecule has 0 aliphatic carbocycles. The van der Waals surface area contributed by atoms with Crippen molar-refractivity contribution in [3.05, 3.63) is 64.3 Å². The lowest BCUT2D eigenvalue weighted by molar-refractivity contribution is 0.776. The third-order valence-electron chi connectivity index (χ3n) is 4.04. The van der Waals surface area contributed by atoms with Crippen LogP contribution in [0.2, 0.25) is 5.02 Å². The molecular weight excluding hydrogens is 414 g/mol. The first-order valence-corrected chi connectivity index (χ1v) is 11.6. The van der Waals surface area contributed by atoms with Gasteiger partial charge in [-0.2, -0.15) is 0 Å². The van der Waals surface area contributed by atoms with Crippen molar-refractivity contribution in [1.29, 1.82) is 0 Å². The van der Waals surface area contributed by atoms with Crippen LogP contribution >= 0.6 is 46.6 Å². The number of aromatic nitrogens is 1. The SMILES string of the molecule is CCCCNSc1ccc2c(c1)N=C(c1cccc(Cl)c1)c1ncsc1S2. The Kier molecular flexibility index (Phi) is 6.20. The standard InChI is InChI=1S/C20H18ClN3S3/c1-2-3-9-23-27-15-7-8-17-16(11-15)24-18(13-5-4-6-14(21)10-13)19-20(26-17)25-12-22-19/h4-8,10-12,23H,2-3,9H2,1H3. The van der Waals surface area contributed by atoms with Gasteiger partial charge in [0.05, 0.1) is 21.1 Å². The van der Waals surface area contributed by atoms with Crippen molar-refractivity contribution in [2.75, 3.05) is 6.54 Å². The van der Waals surface area contributed by atoms with Gasteiger partial charge in [0.15, 0.2) is 0 Å².